The van der Waals surface area contributed by atoms with Crippen molar-refractivity contribution in [3.63, 3.8) is 0 Å². The van der Waals surface area contributed by atoms with Gasteiger partial charge in [-0.15, -0.1) is 0 Å². The Morgan fingerprint density at radius 3 is 1.10 bits per heavy atom. The lowest BCUT2D eigenvalue weighted by Crippen LogP contribution is -2.08. The zero-order valence-electron chi connectivity index (χ0n) is 36.2. The summed E-state index contributed by atoms with van der Waals surface area (Å²) in [6.07, 6.45) is 15.3. The van der Waals surface area contributed by atoms with Gasteiger partial charge in [-0.1, -0.05) is 65.2 Å². The predicted molar refractivity (Wildman–Crippen MR) is 252 cm³/mol. The molecule has 0 N–H and O–H groups in total. The van der Waals surface area contributed by atoms with Crippen LogP contribution in [0.5, 0.6) is 34.5 Å². The van der Waals surface area contributed by atoms with Gasteiger partial charge in [-0.3, -0.25) is 9.98 Å². The molecule has 9 heteroatoms. The van der Waals surface area contributed by atoms with E-state index in [1.807, 2.05) is 72.8 Å². The van der Waals surface area contributed by atoms with E-state index in [9.17, 15) is 9.59 Å². The Morgan fingerprint density at radius 2 is 0.730 bits per heavy atom. The molecule has 0 saturated carbocycles. The van der Waals surface area contributed by atoms with Crippen LogP contribution in [0, 0.1) is 0 Å². The Kier molecular flexibility index (Phi) is 18.1. The number of carbonyl (C=O) groups is 2. The normalized spacial score (nSPS) is 11.1. The van der Waals surface area contributed by atoms with Crippen LogP contribution >= 0.6 is 0 Å². The second-order valence-electron chi connectivity index (χ2n) is 15.1. The highest BCUT2D eigenvalue weighted by molar-refractivity contribution is 5.92. The number of nitrogens with zero attached hydrogens (tertiary/aromatic N) is 2. The van der Waals surface area contributed by atoms with Crippen LogP contribution < -0.4 is 23.7 Å². The summed E-state index contributed by atoms with van der Waals surface area (Å²) >= 11 is 0. The summed E-state index contributed by atoms with van der Waals surface area (Å²) in [6, 6.07) is 43.4. The molecule has 6 aromatic rings. The molecule has 0 bridgehead atoms. The summed E-state index contributed by atoms with van der Waals surface area (Å²) < 4.78 is 28.8. The Labute approximate surface area is 371 Å². The van der Waals surface area contributed by atoms with Gasteiger partial charge >= 0.3 is 11.9 Å². The molecule has 0 amide bonds. The molecule has 0 aromatic heterocycles. The molecule has 0 heterocycles. The number of hydrogen-bond donors (Lipinski definition) is 0. The molecule has 6 rings (SSSR count). The lowest BCUT2D eigenvalue weighted by Gasteiger charge is -2.08. The lowest BCUT2D eigenvalue weighted by atomic mass is 10.2. The Hall–Kier alpha value is -7.00. The quantitative estimate of drug-likeness (QED) is 0.0258. The summed E-state index contributed by atoms with van der Waals surface area (Å²) in [5.41, 5.74) is 4.16. The molecule has 9 nitrogen and oxygen atoms in total. The minimum Gasteiger partial charge on any atom is -0.494 e. The van der Waals surface area contributed by atoms with Crippen molar-refractivity contribution >= 4 is 35.7 Å². The number of benzene rings is 6. The van der Waals surface area contributed by atoms with E-state index in [-0.39, 0.29) is 0 Å². The maximum absolute atomic E-state index is 12.7. The summed E-state index contributed by atoms with van der Waals surface area (Å²) in [5.74, 6) is 2.88. The van der Waals surface area contributed by atoms with Gasteiger partial charge in [0.05, 0.1) is 35.7 Å². The van der Waals surface area contributed by atoms with E-state index in [1.54, 1.807) is 85.2 Å². The van der Waals surface area contributed by atoms with E-state index in [1.165, 1.54) is 51.4 Å². The number of hydrogen-bond acceptors (Lipinski definition) is 9. The van der Waals surface area contributed by atoms with Crippen molar-refractivity contribution in [2.75, 3.05) is 13.2 Å². The number of esters is 2. The van der Waals surface area contributed by atoms with Crippen LogP contribution in [0.15, 0.2) is 156 Å². The van der Waals surface area contributed by atoms with Gasteiger partial charge in [0.2, 0.25) is 0 Å². The first-order valence-corrected chi connectivity index (χ1v) is 22.0. The summed E-state index contributed by atoms with van der Waals surface area (Å²) in [6.45, 7) is 5.76. The van der Waals surface area contributed by atoms with Gasteiger partial charge in [0.1, 0.15) is 34.5 Å². The van der Waals surface area contributed by atoms with Gasteiger partial charge in [-0.25, -0.2) is 9.59 Å². The van der Waals surface area contributed by atoms with Crippen LogP contribution in [0.3, 0.4) is 0 Å². The van der Waals surface area contributed by atoms with Crippen molar-refractivity contribution in [2.24, 2.45) is 9.98 Å². The predicted octanol–water partition coefficient (Wildman–Crippen LogP) is 14.1. The molecule has 0 radical (unpaired) electrons. The first-order valence-electron chi connectivity index (χ1n) is 22.0. The topological polar surface area (TPSA) is 105 Å². The van der Waals surface area contributed by atoms with Crippen LogP contribution in [-0.2, 0) is 0 Å². The van der Waals surface area contributed by atoms with E-state index in [0.717, 1.165) is 46.8 Å². The number of rotatable bonds is 24. The van der Waals surface area contributed by atoms with Crippen LogP contribution in [-0.4, -0.2) is 37.6 Å². The maximum Gasteiger partial charge on any atom is 0.343 e. The molecule has 0 atom stereocenters. The third-order valence-electron chi connectivity index (χ3n) is 10.0. The molecule has 0 aliphatic rings. The molecule has 0 unspecified atom stereocenters. The van der Waals surface area contributed by atoms with E-state index in [2.05, 4.69) is 23.8 Å². The molecule has 6 aromatic carbocycles. The van der Waals surface area contributed by atoms with Crippen LogP contribution in [0.1, 0.15) is 110 Å². The van der Waals surface area contributed by atoms with E-state index in [4.69, 9.17) is 23.7 Å². The summed E-state index contributed by atoms with van der Waals surface area (Å²) in [7, 11) is 0. The van der Waals surface area contributed by atoms with Crippen molar-refractivity contribution in [3.8, 4) is 34.5 Å². The summed E-state index contributed by atoms with van der Waals surface area (Å²) in [5, 5.41) is 0. The van der Waals surface area contributed by atoms with Crippen molar-refractivity contribution in [3.05, 3.63) is 168 Å². The fourth-order valence-electron chi connectivity index (χ4n) is 6.38. The number of ether oxygens (including phenoxy) is 5. The Bertz CT molecular complexity index is 2170. The molecule has 63 heavy (non-hydrogen) atoms. The number of unbranched alkanes of at least 4 members (excludes halogenated alkanes) is 8. The molecule has 0 aliphatic carbocycles. The highest BCUT2D eigenvalue weighted by Gasteiger charge is 2.11. The van der Waals surface area contributed by atoms with E-state index in [0.29, 0.717) is 47.3 Å². The average Bonchev–Trinajstić information content (AvgIpc) is 3.32. The van der Waals surface area contributed by atoms with E-state index >= 15 is 0 Å². The van der Waals surface area contributed by atoms with Crippen molar-refractivity contribution < 1.29 is 33.3 Å². The zero-order chi connectivity index (χ0) is 43.9. The second kappa shape index (κ2) is 25.1. The average molecular weight is 845 g/mol. The van der Waals surface area contributed by atoms with Crippen LogP contribution in [0.4, 0.5) is 11.4 Å². The van der Waals surface area contributed by atoms with Gasteiger partial charge in [0.25, 0.3) is 0 Å². The monoisotopic (exact) mass is 844 g/mol. The standard InChI is InChI=1S/C54H56N2O7/c1-3-5-7-9-11-37-59-47-29-17-43(18-30-47)53(57)62-51-25-13-41(14-26-51)39-55-45-21-33-49(34-22-45)61-50-35-23-46(24-36-50)56-40-42-15-27-52(28-16-42)63-54(58)44-19-31-48(32-20-44)60-38-12-10-8-6-4-2/h13-36,39-40H,3-12,37-38H2,1-2H3. The van der Waals surface area contributed by atoms with Gasteiger partial charge in [-0.2, -0.15) is 0 Å². The molecule has 0 fully saturated rings. The molecular weight excluding hydrogens is 789 g/mol. The van der Waals surface area contributed by atoms with Crippen molar-refractivity contribution in [1.29, 1.82) is 0 Å². The van der Waals surface area contributed by atoms with Crippen LogP contribution in [0.25, 0.3) is 0 Å². The zero-order valence-corrected chi connectivity index (χ0v) is 36.2. The third kappa shape index (κ3) is 15.8. The fourth-order valence-corrected chi connectivity index (χ4v) is 6.38. The van der Waals surface area contributed by atoms with Gasteiger partial charge in [-0.05, 0) is 170 Å². The molecule has 0 saturated heterocycles. The lowest BCUT2D eigenvalue weighted by molar-refractivity contribution is 0.0725. The smallest absolute Gasteiger partial charge is 0.343 e. The largest absolute Gasteiger partial charge is 0.494 e. The third-order valence-corrected chi connectivity index (χ3v) is 10.0. The maximum atomic E-state index is 12.7. The number of aliphatic imine (C=N–C) groups is 2. The van der Waals surface area contributed by atoms with Gasteiger partial charge < -0.3 is 23.7 Å². The minimum atomic E-state index is -0.428. The van der Waals surface area contributed by atoms with Crippen molar-refractivity contribution in [1.82, 2.24) is 0 Å². The van der Waals surface area contributed by atoms with Crippen LogP contribution in [0.2, 0.25) is 0 Å². The fraction of sp³-hybridized carbons (Fsp3) is 0.259. The first-order chi connectivity index (χ1) is 30.9. The molecule has 0 aliphatic heterocycles. The highest BCUT2D eigenvalue weighted by Crippen LogP contribution is 2.27. The molecule has 0 spiro atoms. The Morgan fingerprint density at radius 1 is 0.397 bits per heavy atom. The Balaban J connectivity index is 0.897. The van der Waals surface area contributed by atoms with E-state index < -0.39 is 11.9 Å². The van der Waals surface area contributed by atoms with Crippen molar-refractivity contribution in [2.45, 2.75) is 78.1 Å². The highest BCUT2D eigenvalue weighted by atomic mass is 16.5. The SMILES string of the molecule is CCCCCCCOc1ccc(C(=O)Oc2ccc(C=Nc3ccc(Oc4ccc(N=Cc5ccc(OC(=O)c6ccc(OCCCCCCC)cc6)cc5)cc4)cc3)cc2)cc1. The summed E-state index contributed by atoms with van der Waals surface area (Å²) in [4.78, 5) is 34.5. The second-order valence-corrected chi connectivity index (χ2v) is 15.1. The van der Waals surface area contributed by atoms with Gasteiger partial charge in [0.15, 0.2) is 0 Å². The van der Waals surface area contributed by atoms with Gasteiger partial charge in [0, 0.05) is 12.4 Å². The minimum absolute atomic E-state index is 0.428. The molecule has 324 valence electrons. The molecular formula is C54H56N2O7. The number of carbonyl (C=O) groups excluding carboxylic acids is 2. The first kappa shape index (κ1) is 45.5.